The molecule has 4 heteroatoms. The second-order valence-electron chi connectivity index (χ2n) is 23.0. The summed E-state index contributed by atoms with van der Waals surface area (Å²) in [5.74, 6) is 7.46. The van der Waals surface area contributed by atoms with E-state index in [1.54, 1.807) is 0 Å². The third-order valence-corrected chi connectivity index (χ3v) is 21.4. The monoisotopic (exact) mass is 848 g/mol. The van der Waals surface area contributed by atoms with E-state index in [1.165, 1.54) is 125 Å². The lowest BCUT2D eigenvalue weighted by molar-refractivity contribution is 0.0731. The molecule has 8 fully saturated rings. The zero-order valence-electron chi connectivity index (χ0n) is 37.6. The maximum Gasteiger partial charge on any atom is 0.170 e. The van der Waals surface area contributed by atoms with Crippen molar-refractivity contribution in [2.24, 2.45) is 69.0 Å². The smallest absolute Gasteiger partial charge is 0.170 e. The molecule has 4 spiro atoms. The van der Waals surface area contributed by atoms with Crippen molar-refractivity contribution in [3.05, 3.63) is 142 Å². The van der Waals surface area contributed by atoms with Crippen molar-refractivity contribution in [3.63, 3.8) is 0 Å². The maximum atomic E-state index is 12.7. The molecule has 0 unspecified atom stereocenters. The van der Waals surface area contributed by atoms with Gasteiger partial charge in [-0.2, -0.15) is 0 Å². The number of hydrogen-bond acceptors (Lipinski definition) is 4. The lowest BCUT2D eigenvalue weighted by Gasteiger charge is -2.27. The lowest BCUT2D eigenvalue weighted by Crippen LogP contribution is -2.33. The van der Waals surface area contributed by atoms with Gasteiger partial charge in [0, 0.05) is 43.9 Å². The Bertz CT molecular complexity index is 2170. The second kappa shape index (κ2) is 14.5. The number of carbonyl (C=O) groups excluding carboxylic acids is 4. The van der Waals surface area contributed by atoms with E-state index in [4.69, 9.17) is 0 Å². The minimum absolute atomic E-state index is 0.0453. The third kappa shape index (κ3) is 5.23. The van der Waals surface area contributed by atoms with Crippen molar-refractivity contribution < 1.29 is 19.2 Å². The molecule has 0 radical (unpaired) electrons. The molecular weight excluding hydrogens is 785 g/mol. The van der Waals surface area contributed by atoms with Crippen molar-refractivity contribution in [1.29, 1.82) is 0 Å². The highest BCUT2D eigenvalue weighted by Crippen LogP contribution is 2.66. The van der Waals surface area contributed by atoms with Crippen LogP contribution in [0.4, 0.5) is 0 Å². The zero-order chi connectivity index (χ0) is 43.0. The fraction of sp³-hybridized carbons (Fsp3) is 0.533. The molecule has 0 atom stereocenters. The lowest BCUT2D eigenvalue weighted by atomic mass is 9.74. The van der Waals surface area contributed by atoms with Gasteiger partial charge in [-0.15, -0.1) is 0 Å². The average molecular weight is 849 g/mol. The standard InChI is InChI=1S/4C15H16O/c4*16-14-13-4-2-1-3-10(13)9-15(14)11-5-6-12(15)8-7-11/h4*1-4,11-12H,5-9H2. The molecule has 0 saturated heterocycles. The molecule has 8 saturated carbocycles. The molecule has 328 valence electrons. The van der Waals surface area contributed by atoms with Crippen molar-refractivity contribution in [1.82, 2.24) is 0 Å². The van der Waals surface area contributed by atoms with Crippen LogP contribution in [0.25, 0.3) is 0 Å². The Morgan fingerprint density at radius 1 is 0.250 bits per heavy atom. The molecule has 0 N–H and O–H groups in total. The number of hydrogen-bond donors (Lipinski definition) is 0. The van der Waals surface area contributed by atoms with Gasteiger partial charge in [0.25, 0.3) is 0 Å². The van der Waals surface area contributed by atoms with Gasteiger partial charge in [-0.25, -0.2) is 0 Å². The molecule has 0 heterocycles. The molecular formula is C60H64O4. The first kappa shape index (κ1) is 39.9. The van der Waals surface area contributed by atoms with Gasteiger partial charge < -0.3 is 0 Å². The molecule has 64 heavy (non-hydrogen) atoms. The number of benzene rings is 4. The Labute approximate surface area is 379 Å². The normalized spacial score (nSPS) is 39.6. The molecule has 12 aliphatic carbocycles. The van der Waals surface area contributed by atoms with Gasteiger partial charge in [-0.3, -0.25) is 19.2 Å². The van der Waals surface area contributed by atoms with Crippen LogP contribution in [0.1, 0.15) is 166 Å². The topological polar surface area (TPSA) is 68.3 Å². The Morgan fingerprint density at radius 2 is 0.406 bits per heavy atom. The predicted octanol–water partition coefficient (Wildman–Crippen LogP) is 12.9. The largest absolute Gasteiger partial charge is 0.294 e. The number of carbonyl (C=O) groups is 4. The number of Topliss-reactive ketones (excluding diaryl/α,β-unsaturated/α-hetero) is 4. The van der Waals surface area contributed by atoms with Crippen LogP contribution < -0.4 is 0 Å². The number of fused-ring (bicyclic) bond motifs is 4. The Balaban J connectivity index is 0.0000000860. The van der Waals surface area contributed by atoms with Crippen LogP contribution in [-0.4, -0.2) is 23.1 Å². The molecule has 0 aliphatic heterocycles. The highest BCUT2D eigenvalue weighted by molar-refractivity contribution is 6.08. The molecule has 16 rings (SSSR count). The Kier molecular flexibility index (Phi) is 9.05. The Hall–Kier alpha value is -4.44. The van der Waals surface area contributed by atoms with Gasteiger partial charge >= 0.3 is 0 Å². The number of rotatable bonds is 0. The summed E-state index contributed by atoms with van der Waals surface area (Å²) in [6.45, 7) is 0. The predicted molar refractivity (Wildman–Crippen MR) is 249 cm³/mol. The summed E-state index contributed by atoms with van der Waals surface area (Å²) >= 11 is 0. The molecule has 4 aromatic rings. The summed E-state index contributed by atoms with van der Waals surface area (Å²) in [5.41, 5.74) is 9.54. The van der Waals surface area contributed by atoms with Gasteiger partial charge in [-0.05, 0) is 198 Å². The molecule has 12 aliphatic rings. The van der Waals surface area contributed by atoms with Gasteiger partial charge in [0.05, 0.1) is 0 Å². The zero-order valence-corrected chi connectivity index (χ0v) is 37.6. The molecule has 8 bridgehead atoms. The van der Waals surface area contributed by atoms with Gasteiger partial charge in [0.1, 0.15) is 0 Å². The quantitative estimate of drug-likeness (QED) is 0.177. The highest BCUT2D eigenvalue weighted by atomic mass is 16.1. The number of ketones is 4. The van der Waals surface area contributed by atoms with E-state index in [-0.39, 0.29) is 21.7 Å². The maximum absolute atomic E-state index is 12.7. The average Bonchev–Trinajstić information content (AvgIpc) is 4.26. The van der Waals surface area contributed by atoms with E-state index in [9.17, 15) is 19.2 Å². The first-order valence-corrected chi connectivity index (χ1v) is 25.8. The van der Waals surface area contributed by atoms with Gasteiger partial charge in [0.15, 0.2) is 23.1 Å². The summed E-state index contributed by atoms with van der Waals surface area (Å²) in [7, 11) is 0. The van der Waals surface area contributed by atoms with Crippen molar-refractivity contribution >= 4 is 23.1 Å². The molecule has 0 amide bonds. The summed E-state index contributed by atoms with van der Waals surface area (Å²) in [4.78, 5) is 50.7. The Morgan fingerprint density at radius 3 is 0.562 bits per heavy atom. The van der Waals surface area contributed by atoms with E-state index in [1.807, 2.05) is 48.5 Å². The molecule has 4 aromatic carbocycles. The second-order valence-corrected chi connectivity index (χ2v) is 23.0. The van der Waals surface area contributed by atoms with E-state index < -0.39 is 0 Å². The van der Waals surface area contributed by atoms with Crippen LogP contribution in [0, 0.1) is 69.0 Å². The fourth-order valence-corrected chi connectivity index (χ4v) is 18.6. The van der Waals surface area contributed by atoms with Crippen LogP contribution in [-0.2, 0) is 25.7 Å². The van der Waals surface area contributed by atoms with Crippen molar-refractivity contribution in [3.8, 4) is 0 Å². The van der Waals surface area contributed by atoms with Crippen LogP contribution in [0.3, 0.4) is 0 Å². The van der Waals surface area contributed by atoms with Crippen LogP contribution in [0.15, 0.2) is 97.1 Å². The minimum atomic E-state index is 0.0453. The SMILES string of the molecule is O=C1c2ccccc2CC12C1CCC2CC1.O=C1c2ccccc2CC12C1CCC2CC1.O=C1c2ccccc2CC12C1CCC2CC1.O=C1c2ccccc2CC12C1CCC2CC1. The van der Waals surface area contributed by atoms with E-state index in [0.717, 1.165) is 47.9 Å². The van der Waals surface area contributed by atoms with Crippen LogP contribution in [0.5, 0.6) is 0 Å². The van der Waals surface area contributed by atoms with Gasteiger partial charge in [-0.1, -0.05) is 97.1 Å². The summed E-state index contributed by atoms with van der Waals surface area (Å²) < 4.78 is 0. The van der Waals surface area contributed by atoms with E-state index in [0.29, 0.717) is 70.5 Å². The van der Waals surface area contributed by atoms with Gasteiger partial charge in [0.2, 0.25) is 0 Å². The molecule has 0 aromatic heterocycles. The summed E-state index contributed by atoms with van der Waals surface area (Å²) in [6, 6.07) is 33.0. The third-order valence-electron chi connectivity index (χ3n) is 21.4. The van der Waals surface area contributed by atoms with Crippen molar-refractivity contribution in [2.75, 3.05) is 0 Å². The fourth-order valence-electron chi connectivity index (χ4n) is 18.6. The van der Waals surface area contributed by atoms with Crippen molar-refractivity contribution in [2.45, 2.75) is 128 Å². The summed E-state index contributed by atoms with van der Waals surface area (Å²) in [6.07, 6.45) is 24.9. The van der Waals surface area contributed by atoms with E-state index in [2.05, 4.69) is 48.5 Å². The first-order chi connectivity index (χ1) is 31.3. The highest BCUT2D eigenvalue weighted by Gasteiger charge is 2.64. The minimum Gasteiger partial charge on any atom is -0.294 e. The van der Waals surface area contributed by atoms with Crippen LogP contribution >= 0.6 is 0 Å². The molecule has 4 nitrogen and oxygen atoms in total. The first-order valence-electron chi connectivity index (χ1n) is 25.8. The van der Waals surface area contributed by atoms with E-state index >= 15 is 0 Å². The summed E-state index contributed by atoms with van der Waals surface area (Å²) in [5, 5.41) is 0. The van der Waals surface area contributed by atoms with Crippen LogP contribution in [0.2, 0.25) is 0 Å².